The molecule has 3 rings (SSSR count). The SMILES string of the molecule is CNCc1cn([C@@H]2O[C@H](CO)[C@H]3OC(OC)O[C@H]32)c(=O)[nH]c1=O. The fourth-order valence-corrected chi connectivity index (χ4v) is 2.82. The molecule has 128 valence electrons. The van der Waals surface area contributed by atoms with E-state index in [2.05, 4.69) is 10.3 Å². The van der Waals surface area contributed by atoms with E-state index in [0.717, 1.165) is 0 Å². The molecule has 0 saturated carbocycles. The molecule has 0 spiro atoms. The Morgan fingerprint density at radius 3 is 2.74 bits per heavy atom. The Labute approximate surface area is 130 Å². The van der Waals surface area contributed by atoms with E-state index in [1.165, 1.54) is 17.9 Å². The molecule has 2 fully saturated rings. The molecule has 0 aromatic carbocycles. The minimum atomic E-state index is -0.888. The van der Waals surface area contributed by atoms with Gasteiger partial charge in [0.25, 0.3) is 12.0 Å². The van der Waals surface area contributed by atoms with Crippen LogP contribution in [-0.2, 0) is 25.5 Å². The van der Waals surface area contributed by atoms with Gasteiger partial charge in [-0.25, -0.2) is 4.79 Å². The van der Waals surface area contributed by atoms with Gasteiger partial charge in [0.15, 0.2) is 6.23 Å². The number of hydrogen-bond donors (Lipinski definition) is 3. The largest absolute Gasteiger partial charge is 0.394 e. The first kappa shape index (κ1) is 16.3. The Balaban J connectivity index is 1.96. The van der Waals surface area contributed by atoms with Crippen LogP contribution in [0, 0.1) is 0 Å². The van der Waals surface area contributed by atoms with Gasteiger partial charge in [0.05, 0.1) is 6.61 Å². The maximum absolute atomic E-state index is 12.1. The summed E-state index contributed by atoms with van der Waals surface area (Å²) in [5, 5.41) is 12.3. The summed E-state index contributed by atoms with van der Waals surface area (Å²) in [6.45, 7) is -0.891. The number of fused-ring (bicyclic) bond motifs is 1. The molecule has 0 amide bonds. The number of aliphatic hydroxyl groups excluding tert-OH is 1. The molecule has 0 aliphatic carbocycles. The zero-order valence-corrected chi connectivity index (χ0v) is 12.7. The van der Waals surface area contributed by atoms with Crippen molar-refractivity contribution in [1.82, 2.24) is 14.9 Å². The number of nitrogens with zero attached hydrogens (tertiary/aromatic N) is 1. The molecule has 1 aromatic heterocycles. The van der Waals surface area contributed by atoms with Crippen molar-refractivity contribution < 1.29 is 24.1 Å². The van der Waals surface area contributed by atoms with Crippen molar-refractivity contribution in [2.24, 2.45) is 0 Å². The predicted molar refractivity (Wildman–Crippen MR) is 75.6 cm³/mol. The first-order valence-corrected chi connectivity index (χ1v) is 7.18. The third kappa shape index (κ3) is 2.84. The van der Waals surface area contributed by atoms with Crippen molar-refractivity contribution in [1.29, 1.82) is 0 Å². The number of H-pyrrole nitrogens is 1. The van der Waals surface area contributed by atoms with Crippen molar-refractivity contribution in [3.63, 3.8) is 0 Å². The molecule has 23 heavy (non-hydrogen) atoms. The average Bonchev–Trinajstić information content (AvgIpc) is 3.09. The second kappa shape index (κ2) is 6.51. The number of methoxy groups -OCH3 is 1. The second-order valence-corrected chi connectivity index (χ2v) is 5.32. The monoisotopic (exact) mass is 329 g/mol. The third-order valence-corrected chi connectivity index (χ3v) is 3.88. The highest BCUT2D eigenvalue weighted by molar-refractivity contribution is 5.06. The Morgan fingerprint density at radius 1 is 1.35 bits per heavy atom. The fourth-order valence-electron chi connectivity index (χ4n) is 2.82. The minimum Gasteiger partial charge on any atom is -0.394 e. The first-order valence-electron chi connectivity index (χ1n) is 7.18. The average molecular weight is 329 g/mol. The van der Waals surface area contributed by atoms with E-state index >= 15 is 0 Å². The van der Waals surface area contributed by atoms with Crippen LogP contribution in [0.25, 0.3) is 0 Å². The highest BCUT2D eigenvalue weighted by atomic mass is 16.9. The van der Waals surface area contributed by atoms with Crippen LogP contribution in [0.2, 0.25) is 0 Å². The zero-order valence-electron chi connectivity index (χ0n) is 12.7. The van der Waals surface area contributed by atoms with Gasteiger partial charge < -0.3 is 29.4 Å². The zero-order chi connectivity index (χ0) is 16.6. The molecule has 1 unspecified atom stereocenters. The van der Waals surface area contributed by atoms with Crippen molar-refractivity contribution in [3.05, 3.63) is 32.6 Å². The molecule has 3 N–H and O–H groups in total. The van der Waals surface area contributed by atoms with E-state index in [-0.39, 0.29) is 13.2 Å². The summed E-state index contributed by atoms with van der Waals surface area (Å²) in [6, 6.07) is 0. The lowest BCUT2D eigenvalue weighted by Gasteiger charge is -2.20. The summed E-state index contributed by atoms with van der Waals surface area (Å²) in [7, 11) is 3.11. The van der Waals surface area contributed by atoms with Gasteiger partial charge in [0.2, 0.25) is 0 Å². The van der Waals surface area contributed by atoms with E-state index in [0.29, 0.717) is 5.56 Å². The van der Waals surface area contributed by atoms with E-state index in [9.17, 15) is 14.7 Å². The van der Waals surface area contributed by atoms with Crippen LogP contribution in [0.15, 0.2) is 15.8 Å². The molecule has 5 atom stereocenters. The standard InChI is InChI=1S/C13H19N3O7/c1-14-3-6-4-16(12(19)15-10(6)18)11-9-8(7(5-17)21-11)22-13(20-2)23-9/h4,7-9,11,13-14,17H,3,5H2,1-2H3,(H,15,18,19)/t7-,8-,9-,11-,13?/m1/s1. The highest BCUT2D eigenvalue weighted by Crippen LogP contribution is 2.38. The van der Waals surface area contributed by atoms with Crippen LogP contribution in [0.5, 0.6) is 0 Å². The van der Waals surface area contributed by atoms with Crippen LogP contribution in [0.1, 0.15) is 11.8 Å². The lowest BCUT2D eigenvalue weighted by molar-refractivity contribution is -0.257. The quantitative estimate of drug-likeness (QED) is 0.559. The van der Waals surface area contributed by atoms with Gasteiger partial charge in [-0.15, -0.1) is 0 Å². The highest BCUT2D eigenvalue weighted by Gasteiger charge is 2.53. The molecule has 2 aliphatic rings. The Morgan fingerprint density at radius 2 is 2.09 bits per heavy atom. The van der Waals surface area contributed by atoms with Gasteiger partial charge in [-0.1, -0.05) is 0 Å². The van der Waals surface area contributed by atoms with E-state index < -0.39 is 42.3 Å². The smallest absolute Gasteiger partial charge is 0.330 e. The lowest BCUT2D eigenvalue weighted by Crippen LogP contribution is -2.38. The molecular weight excluding hydrogens is 310 g/mol. The number of aromatic nitrogens is 2. The van der Waals surface area contributed by atoms with Crippen molar-refractivity contribution in [2.45, 2.75) is 37.6 Å². The molecule has 3 heterocycles. The number of hydrogen-bond acceptors (Lipinski definition) is 8. The molecule has 0 bridgehead atoms. The fraction of sp³-hybridized carbons (Fsp3) is 0.692. The summed E-state index contributed by atoms with van der Waals surface area (Å²) in [6.07, 6.45) is -1.28. The van der Waals surface area contributed by atoms with Crippen molar-refractivity contribution in [2.75, 3.05) is 20.8 Å². The van der Waals surface area contributed by atoms with Gasteiger partial charge in [-0.2, -0.15) is 0 Å². The van der Waals surface area contributed by atoms with Gasteiger partial charge in [0.1, 0.15) is 18.3 Å². The van der Waals surface area contributed by atoms with Gasteiger partial charge in [0, 0.05) is 25.4 Å². The molecule has 10 nitrogen and oxygen atoms in total. The lowest BCUT2D eigenvalue weighted by atomic mass is 10.1. The number of aliphatic hydroxyl groups is 1. The van der Waals surface area contributed by atoms with E-state index in [4.69, 9.17) is 18.9 Å². The van der Waals surface area contributed by atoms with Gasteiger partial charge >= 0.3 is 5.69 Å². The minimum absolute atomic E-state index is 0.290. The third-order valence-electron chi connectivity index (χ3n) is 3.88. The number of rotatable bonds is 5. The maximum Gasteiger partial charge on any atom is 0.330 e. The van der Waals surface area contributed by atoms with Gasteiger partial charge in [-0.05, 0) is 7.05 Å². The maximum atomic E-state index is 12.1. The number of aromatic amines is 1. The number of ether oxygens (including phenoxy) is 4. The molecule has 2 saturated heterocycles. The van der Waals surface area contributed by atoms with Crippen molar-refractivity contribution >= 4 is 0 Å². The van der Waals surface area contributed by atoms with Gasteiger partial charge in [-0.3, -0.25) is 14.3 Å². The molecule has 10 heteroatoms. The van der Waals surface area contributed by atoms with Crippen LogP contribution >= 0.6 is 0 Å². The summed E-state index contributed by atoms with van der Waals surface area (Å²) in [4.78, 5) is 26.2. The summed E-state index contributed by atoms with van der Waals surface area (Å²) < 4.78 is 23.0. The summed E-state index contributed by atoms with van der Waals surface area (Å²) in [5.41, 5.74) is -0.712. The Kier molecular flexibility index (Phi) is 4.62. The van der Waals surface area contributed by atoms with Crippen LogP contribution in [0.4, 0.5) is 0 Å². The van der Waals surface area contributed by atoms with E-state index in [1.54, 1.807) is 7.05 Å². The van der Waals surface area contributed by atoms with Crippen LogP contribution in [-0.4, -0.2) is 60.2 Å². The normalized spacial score (nSPS) is 33.1. The Bertz CT molecular complexity index is 672. The van der Waals surface area contributed by atoms with E-state index in [1.807, 2.05) is 0 Å². The second-order valence-electron chi connectivity index (χ2n) is 5.32. The molecule has 0 radical (unpaired) electrons. The molecular formula is C13H19N3O7. The topological polar surface area (TPSA) is 124 Å². The summed E-state index contributed by atoms with van der Waals surface area (Å²) >= 11 is 0. The first-order chi connectivity index (χ1) is 11.1. The molecule has 1 aromatic rings. The van der Waals surface area contributed by atoms with Crippen LogP contribution in [0.3, 0.4) is 0 Å². The predicted octanol–water partition coefficient (Wildman–Crippen LogP) is -2.14. The molecule has 2 aliphatic heterocycles. The Hall–Kier alpha value is -1.56. The van der Waals surface area contributed by atoms with Crippen LogP contribution < -0.4 is 16.6 Å². The summed E-state index contributed by atoms with van der Waals surface area (Å²) in [5.74, 6) is 0. The van der Waals surface area contributed by atoms with Crippen molar-refractivity contribution in [3.8, 4) is 0 Å². The number of nitrogens with one attached hydrogen (secondary N) is 2.